The third-order valence-electron chi connectivity index (χ3n) is 4.05. The molecule has 3 rings (SSSR count). The molecule has 2 N–H and O–H groups in total. The Kier molecular flexibility index (Phi) is 5.04. The number of carbonyl (C=O) groups excluding carboxylic acids is 2. The van der Waals surface area contributed by atoms with E-state index in [1.807, 2.05) is 0 Å². The van der Waals surface area contributed by atoms with Crippen LogP contribution in [0.25, 0.3) is 0 Å². The smallest absolute Gasteiger partial charge is 0.347 e. The lowest BCUT2D eigenvalue weighted by atomic mass is 10.1. The van der Waals surface area contributed by atoms with Crippen LogP contribution >= 0.6 is 11.3 Å². The summed E-state index contributed by atoms with van der Waals surface area (Å²) in [4.78, 5) is 24.6. The zero-order valence-corrected chi connectivity index (χ0v) is 14.8. The van der Waals surface area contributed by atoms with Gasteiger partial charge in [0, 0.05) is 12.5 Å². The first-order valence-corrected chi connectivity index (χ1v) is 8.91. The average molecular weight is 382 g/mol. The SMILES string of the molecule is Cc1cc(NC(=O)C2CC2)sc1C(=O)NCc1ccc(C(F)(F)F)cc1. The molecule has 2 aromatic rings. The molecule has 1 aliphatic rings. The van der Waals surface area contributed by atoms with Gasteiger partial charge in [0.1, 0.15) is 0 Å². The van der Waals surface area contributed by atoms with E-state index in [4.69, 9.17) is 0 Å². The molecule has 1 fully saturated rings. The number of nitrogens with one attached hydrogen (secondary N) is 2. The largest absolute Gasteiger partial charge is 0.416 e. The Morgan fingerprint density at radius 1 is 1.19 bits per heavy atom. The van der Waals surface area contributed by atoms with Gasteiger partial charge in [-0.25, -0.2) is 0 Å². The summed E-state index contributed by atoms with van der Waals surface area (Å²) >= 11 is 1.19. The van der Waals surface area contributed by atoms with Gasteiger partial charge in [-0.15, -0.1) is 11.3 Å². The Balaban J connectivity index is 1.59. The summed E-state index contributed by atoms with van der Waals surface area (Å²) in [5.74, 6) is -0.267. The molecule has 4 nitrogen and oxygen atoms in total. The number of anilines is 1. The Labute approximate surface area is 152 Å². The van der Waals surface area contributed by atoms with Crippen molar-refractivity contribution in [2.24, 2.45) is 5.92 Å². The van der Waals surface area contributed by atoms with Crippen molar-refractivity contribution in [1.29, 1.82) is 0 Å². The molecule has 0 atom stereocenters. The van der Waals surface area contributed by atoms with Crippen LogP contribution in [-0.2, 0) is 17.5 Å². The number of alkyl halides is 3. The van der Waals surface area contributed by atoms with Crippen molar-refractivity contribution >= 4 is 28.2 Å². The highest BCUT2D eigenvalue weighted by atomic mass is 32.1. The van der Waals surface area contributed by atoms with Crippen LogP contribution in [-0.4, -0.2) is 11.8 Å². The van der Waals surface area contributed by atoms with E-state index in [2.05, 4.69) is 10.6 Å². The lowest BCUT2D eigenvalue weighted by Crippen LogP contribution is -2.22. The number of carbonyl (C=O) groups is 2. The van der Waals surface area contributed by atoms with E-state index in [1.54, 1.807) is 13.0 Å². The van der Waals surface area contributed by atoms with Gasteiger partial charge in [0.25, 0.3) is 5.91 Å². The Bertz CT molecular complexity index is 824. The Morgan fingerprint density at radius 2 is 1.85 bits per heavy atom. The predicted octanol–water partition coefficient (Wildman–Crippen LogP) is 4.35. The molecule has 1 aromatic heterocycles. The minimum Gasteiger partial charge on any atom is -0.347 e. The summed E-state index contributed by atoms with van der Waals surface area (Å²) in [6.45, 7) is 1.90. The van der Waals surface area contributed by atoms with E-state index in [1.165, 1.54) is 23.5 Å². The maximum atomic E-state index is 12.5. The third-order valence-corrected chi connectivity index (χ3v) is 5.20. The number of aryl methyl sites for hydroxylation is 1. The third kappa shape index (κ3) is 4.43. The first-order chi connectivity index (χ1) is 12.2. The normalized spacial score (nSPS) is 14.2. The fourth-order valence-electron chi connectivity index (χ4n) is 2.41. The fourth-order valence-corrected chi connectivity index (χ4v) is 3.40. The van der Waals surface area contributed by atoms with Crippen molar-refractivity contribution < 1.29 is 22.8 Å². The van der Waals surface area contributed by atoms with Crippen LogP contribution in [0.5, 0.6) is 0 Å². The van der Waals surface area contributed by atoms with Gasteiger partial charge < -0.3 is 10.6 Å². The lowest BCUT2D eigenvalue weighted by molar-refractivity contribution is -0.137. The summed E-state index contributed by atoms with van der Waals surface area (Å²) in [6.07, 6.45) is -2.58. The molecule has 1 saturated carbocycles. The molecule has 1 aliphatic carbocycles. The van der Waals surface area contributed by atoms with Gasteiger partial charge in [0.15, 0.2) is 0 Å². The monoisotopic (exact) mass is 382 g/mol. The molecule has 0 aliphatic heterocycles. The first kappa shape index (κ1) is 18.4. The number of thiophene rings is 1. The zero-order chi connectivity index (χ0) is 18.9. The van der Waals surface area contributed by atoms with E-state index in [-0.39, 0.29) is 24.3 Å². The van der Waals surface area contributed by atoms with Crippen LogP contribution in [0.15, 0.2) is 30.3 Å². The molecule has 0 saturated heterocycles. The molecular formula is C18H17F3N2O2S. The maximum Gasteiger partial charge on any atom is 0.416 e. The fraction of sp³-hybridized carbons (Fsp3) is 0.333. The van der Waals surface area contributed by atoms with Crippen molar-refractivity contribution in [2.75, 3.05) is 5.32 Å². The van der Waals surface area contributed by atoms with Crippen LogP contribution in [0.2, 0.25) is 0 Å². The Hall–Kier alpha value is -2.35. The topological polar surface area (TPSA) is 58.2 Å². The average Bonchev–Trinajstić information content (AvgIpc) is 3.36. The first-order valence-electron chi connectivity index (χ1n) is 8.09. The lowest BCUT2D eigenvalue weighted by Gasteiger charge is -2.08. The summed E-state index contributed by atoms with van der Waals surface area (Å²) in [7, 11) is 0. The summed E-state index contributed by atoms with van der Waals surface area (Å²) < 4.78 is 37.6. The minimum absolute atomic E-state index is 0.0250. The highest BCUT2D eigenvalue weighted by molar-refractivity contribution is 7.18. The van der Waals surface area contributed by atoms with Gasteiger partial charge >= 0.3 is 6.18 Å². The molecule has 0 radical (unpaired) electrons. The number of amides is 2. The van der Waals surface area contributed by atoms with Crippen molar-refractivity contribution in [3.63, 3.8) is 0 Å². The number of rotatable bonds is 5. The van der Waals surface area contributed by atoms with Crippen LogP contribution in [0.3, 0.4) is 0 Å². The highest BCUT2D eigenvalue weighted by Crippen LogP contribution is 2.33. The number of hydrogen-bond acceptors (Lipinski definition) is 3. The quantitative estimate of drug-likeness (QED) is 0.808. The molecule has 138 valence electrons. The second-order valence-corrected chi connectivity index (χ2v) is 7.32. The minimum atomic E-state index is -4.38. The maximum absolute atomic E-state index is 12.5. The molecule has 2 amide bonds. The summed E-state index contributed by atoms with van der Waals surface area (Å²) in [5.41, 5.74) is 0.589. The molecule has 0 unspecified atom stereocenters. The van der Waals surface area contributed by atoms with Gasteiger partial charge in [0.05, 0.1) is 15.4 Å². The van der Waals surface area contributed by atoms with E-state index >= 15 is 0 Å². The van der Waals surface area contributed by atoms with Crippen LogP contribution < -0.4 is 10.6 Å². The van der Waals surface area contributed by atoms with Crippen LogP contribution in [0.4, 0.5) is 18.2 Å². The Morgan fingerprint density at radius 3 is 2.42 bits per heavy atom. The van der Waals surface area contributed by atoms with E-state index in [0.717, 1.165) is 30.5 Å². The van der Waals surface area contributed by atoms with Crippen molar-refractivity contribution in [1.82, 2.24) is 5.32 Å². The number of halogens is 3. The molecule has 26 heavy (non-hydrogen) atoms. The van der Waals surface area contributed by atoms with Crippen molar-refractivity contribution in [3.8, 4) is 0 Å². The molecule has 0 spiro atoms. The predicted molar refractivity (Wildman–Crippen MR) is 93.0 cm³/mol. The molecule has 1 aromatic carbocycles. The van der Waals surface area contributed by atoms with Crippen molar-refractivity contribution in [2.45, 2.75) is 32.5 Å². The highest BCUT2D eigenvalue weighted by Gasteiger charge is 2.30. The van der Waals surface area contributed by atoms with Gasteiger partial charge in [0.2, 0.25) is 5.91 Å². The molecule has 1 heterocycles. The second-order valence-electron chi connectivity index (χ2n) is 6.26. The van der Waals surface area contributed by atoms with E-state index in [0.29, 0.717) is 15.4 Å². The van der Waals surface area contributed by atoms with Gasteiger partial charge in [-0.2, -0.15) is 13.2 Å². The summed E-state index contributed by atoms with van der Waals surface area (Å²) in [6, 6.07) is 6.40. The van der Waals surface area contributed by atoms with Gasteiger partial charge in [-0.05, 0) is 49.1 Å². The number of benzene rings is 1. The van der Waals surface area contributed by atoms with Crippen LogP contribution in [0.1, 0.15) is 39.2 Å². The van der Waals surface area contributed by atoms with Crippen LogP contribution in [0, 0.1) is 12.8 Å². The van der Waals surface area contributed by atoms with E-state index in [9.17, 15) is 22.8 Å². The van der Waals surface area contributed by atoms with Gasteiger partial charge in [-0.1, -0.05) is 12.1 Å². The van der Waals surface area contributed by atoms with Crippen molar-refractivity contribution in [3.05, 3.63) is 51.9 Å². The van der Waals surface area contributed by atoms with E-state index < -0.39 is 11.7 Å². The standard InChI is InChI=1S/C18H17F3N2O2S/c1-10-8-14(23-16(24)12-4-5-12)26-15(10)17(25)22-9-11-2-6-13(7-3-11)18(19,20)21/h2-3,6-8,12H,4-5,9H2,1H3,(H,22,25)(H,23,24). The molecule has 0 bridgehead atoms. The second kappa shape index (κ2) is 7.11. The van der Waals surface area contributed by atoms with Gasteiger partial charge in [-0.3, -0.25) is 9.59 Å². The number of hydrogen-bond donors (Lipinski definition) is 2. The molecular weight excluding hydrogens is 365 g/mol. The molecule has 8 heteroatoms. The zero-order valence-electron chi connectivity index (χ0n) is 13.9. The summed E-state index contributed by atoms with van der Waals surface area (Å²) in [5, 5.41) is 6.12.